The zero-order valence-corrected chi connectivity index (χ0v) is 20.3. The molecule has 1 saturated heterocycles. The first-order valence-electron chi connectivity index (χ1n) is 10.1. The van der Waals surface area contributed by atoms with Crippen molar-refractivity contribution in [3.8, 4) is 5.69 Å². The lowest BCUT2D eigenvalue weighted by Gasteiger charge is -2.16. The maximum Gasteiger partial charge on any atom is 0.431 e. The van der Waals surface area contributed by atoms with Crippen LogP contribution in [0, 0.1) is 5.82 Å². The number of amidine groups is 1. The first-order valence-corrected chi connectivity index (χ1v) is 11.3. The summed E-state index contributed by atoms with van der Waals surface area (Å²) >= 11 is 7.04. The fraction of sp³-hybridized carbons (Fsp3) is 0.286. The van der Waals surface area contributed by atoms with Gasteiger partial charge in [0.1, 0.15) is 16.8 Å². The van der Waals surface area contributed by atoms with Crippen LogP contribution >= 0.6 is 23.4 Å². The third-order valence-corrected chi connectivity index (χ3v) is 6.54. The first kappa shape index (κ1) is 27.2. The van der Waals surface area contributed by atoms with Crippen molar-refractivity contribution in [3.63, 3.8) is 0 Å². The molecule has 1 atom stereocenters. The van der Waals surface area contributed by atoms with Crippen LogP contribution in [-0.4, -0.2) is 49.9 Å². The molecule has 1 aromatic heterocycles. The third-order valence-electron chi connectivity index (χ3n) is 5.07. The highest BCUT2D eigenvalue weighted by atomic mass is 35.5. The molecule has 0 saturated carbocycles. The van der Waals surface area contributed by atoms with Gasteiger partial charge in [0.05, 0.1) is 16.4 Å². The van der Waals surface area contributed by atoms with Crippen LogP contribution in [-0.2, 0) is 22.8 Å². The Hall–Kier alpha value is -3.39. The van der Waals surface area contributed by atoms with Crippen LogP contribution in [0.25, 0.3) is 5.69 Å². The molecule has 0 spiro atoms. The van der Waals surface area contributed by atoms with Gasteiger partial charge < -0.3 is 5.32 Å². The Morgan fingerprint density at radius 3 is 2.53 bits per heavy atom. The zero-order valence-electron chi connectivity index (χ0n) is 18.7. The Kier molecular flexibility index (Phi) is 7.79. The van der Waals surface area contributed by atoms with E-state index in [2.05, 4.69) is 16.9 Å². The lowest BCUT2D eigenvalue weighted by molar-refractivity contribution is -0.144. The summed E-state index contributed by atoms with van der Waals surface area (Å²) in [4.78, 5) is 55.0. The van der Waals surface area contributed by atoms with Crippen LogP contribution in [0.1, 0.15) is 12.1 Å². The Balaban J connectivity index is 2.15. The molecule has 2 heterocycles. The highest BCUT2D eigenvalue weighted by molar-refractivity contribution is 8.15. The summed E-state index contributed by atoms with van der Waals surface area (Å²) in [5, 5.41) is 1.42. The molecule has 1 fully saturated rings. The van der Waals surface area contributed by atoms with Crippen LogP contribution in [0.4, 0.5) is 23.2 Å². The second-order valence-electron chi connectivity index (χ2n) is 7.41. The molecule has 3 rings (SSSR count). The predicted molar refractivity (Wildman–Crippen MR) is 126 cm³/mol. The van der Waals surface area contributed by atoms with E-state index in [-0.39, 0.29) is 50.0 Å². The van der Waals surface area contributed by atoms with Gasteiger partial charge in [-0.2, -0.15) is 13.2 Å². The number of amides is 2. The summed E-state index contributed by atoms with van der Waals surface area (Å²) in [6, 6.07) is 1.81. The van der Waals surface area contributed by atoms with E-state index in [1.54, 1.807) is 0 Å². The largest absolute Gasteiger partial charge is 0.431 e. The van der Waals surface area contributed by atoms with Crippen LogP contribution in [0.5, 0.6) is 0 Å². The summed E-state index contributed by atoms with van der Waals surface area (Å²) in [5.74, 6) is -1.99. The van der Waals surface area contributed by atoms with E-state index >= 15 is 0 Å². The van der Waals surface area contributed by atoms with E-state index in [4.69, 9.17) is 11.6 Å². The molecule has 36 heavy (non-hydrogen) atoms. The van der Waals surface area contributed by atoms with Gasteiger partial charge in [-0.3, -0.25) is 23.9 Å². The van der Waals surface area contributed by atoms with Crippen molar-refractivity contribution in [1.29, 1.82) is 0 Å². The van der Waals surface area contributed by atoms with Crippen molar-refractivity contribution < 1.29 is 27.2 Å². The van der Waals surface area contributed by atoms with E-state index in [1.165, 1.54) is 18.0 Å². The van der Waals surface area contributed by atoms with Crippen molar-refractivity contribution in [3.05, 3.63) is 68.2 Å². The summed E-state index contributed by atoms with van der Waals surface area (Å²) in [6.07, 6.45) is -3.72. The number of carbonyl (C=O) groups excluding carboxylic acids is 2. The van der Waals surface area contributed by atoms with Crippen molar-refractivity contribution in [1.82, 2.24) is 19.4 Å². The average molecular weight is 548 g/mol. The van der Waals surface area contributed by atoms with Gasteiger partial charge in [0.2, 0.25) is 11.8 Å². The lowest BCUT2D eigenvalue weighted by Crippen LogP contribution is -2.41. The molecule has 15 heteroatoms. The zero-order chi connectivity index (χ0) is 26.9. The molecule has 0 bridgehead atoms. The quantitative estimate of drug-likeness (QED) is 0.442. The van der Waals surface area contributed by atoms with Crippen LogP contribution in [0.2, 0.25) is 5.02 Å². The number of benzene rings is 1. The molecule has 0 aliphatic carbocycles. The average Bonchev–Trinajstić information content (AvgIpc) is 3.07. The topological polar surface area (TPSA) is 106 Å². The minimum Gasteiger partial charge on any atom is -0.359 e. The van der Waals surface area contributed by atoms with Crippen molar-refractivity contribution in [2.24, 2.45) is 12.0 Å². The molecular formula is C21H18ClF4N5O4S. The minimum atomic E-state index is -4.99. The molecule has 0 radical (unpaired) electrons. The third kappa shape index (κ3) is 5.23. The Morgan fingerprint density at radius 2 is 1.94 bits per heavy atom. The van der Waals surface area contributed by atoms with Gasteiger partial charge >= 0.3 is 11.9 Å². The Bertz CT molecular complexity index is 1400. The highest BCUT2D eigenvalue weighted by Gasteiger charge is 2.39. The summed E-state index contributed by atoms with van der Waals surface area (Å²) in [5.41, 5.74) is -5.24. The van der Waals surface area contributed by atoms with Crippen molar-refractivity contribution in [2.45, 2.75) is 17.8 Å². The number of halogens is 5. The number of rotatable bonds is 6. The van der Waals surface area contributed by atoms with Gasteiger partial charge in [0.25, 0.3) is 5.56 Å². The van der Waals surface area contributed by atoms with E-state index in [0.29, 0.717) is 0 Å². The van der Waals surface area contributed by atoms with Gasteiger partial charge in [-0.25, -0.2) is 18.7 Å². The van der Waals surface area contributed by atoms with Gasteiger partial charge in [-0.15, -0.1) is 6.58 Å². The highest BCUT2D eigenvalue weighted by Crippen LogP contribution is 2.35. The fourth-order valence-corrected chi connectivity index (χ4v) is 4.65. The molecule has 1 aromatic carbocycles. The number of hydrogen-bond donors (Lipinski definition) is 1. The molecule has 2 amide bonds. The number of nitrogens with zero attached hydrogens (tertiary/aromatic N) is 4. The van der Waals surface area contributed by atoms with E-state index in [1.807, 2.05) is 0 Å². The van der Waals surface area contributed by atoms with Gasteiger partial charge in [-0.1, -0.05) is 29.4 Å². The van der Waals surface area contributed by atoms with Gasteiger partial charge in [0, 0.05) is 33.1 Å². The molecule has 9 nitrogen and oxygen atoms in total. The van der Waals surface area contributed by atoms with Crippen LogP contribution < -0.4 is 16.6 Å². The SMILES string of the molecule is C=CCN1C(=O)C(CC(=O)NC)SC1=Nc1cc(-n2c(=O)cc(C(F)(F)F)n(C)c2=O)c(F)cc1Cl. The number of aliphatic imine (C=N–C) groups is 1. The van der Waals surface area contributed by atoms with Gasteiger partial charge in [-0.05, 0) is 12.1 Å². The molecule has 2 aromatic rings. The van der Waals surface area contributed by atoms with Crippen molar-refractivity contribution in [2.75, 3.05) is 13.6 Å². The molecule has 192 valence electrons. The monoisotopic (exact) mass is 547 g/mol. The molecule has 1 N–H and O–H groups in total. The normalized spacial score (nSPS) is 17.1. The van der Waals surface area contributed by atoms with Crippen molar-refractivity contribution >= 4 is 46.0 Å². The number of aromatic nitrogens is 2. The maximum absolute atomic E-state index is 14.8. The predicted octanol–water partition coefficient (Wildman–Crippen LogP) is 2.60. The molecule has 1 unspecified atom stereocenters. The number of thioether (sulfide) groups is 1. The Labute approximate surface area is 210 Å². The molecule has 1 aliphatic heterocycles. The summed E-state index contributed by atoms with van der Waals surface area (Å²) in [6.45, 7) is 3.60. The van der Waals surface area contributed by atoms with E-state index in [0.717, 1.165) is 30.9 Å². The molecule has 1 aliphatic rings. The smallest absolute Gasteiger partial charge is 0.359 e. The second kappa shape index (κ2) is 10.3. The van der Waals surface area contributed by atoms with Crippen LogP contribution in [0.3, 0.4) is 0 Å². The second-order valence-corrected chi connectivity index (χ2v) is 8.99. The van der Waals surface area contributed by atoms with E-state index in [9.17, 15) is 36.7 Å². The standard InChI is InChI=1S/C21H18ClF4N5O4S/c1-4-5-30-18(34)14(8-16(32)27-2)36-19(30)28-12-7-13(11(23)6-10(12)22)31-17(33)9-15(21(24,25)26)29(3)20(31)35/h4,6-7,9,14H,1,5,8H2,2-3H3,(H,27,32). The number of carbonyl (C=O) groups is 2. The number of alkyl halides is 3. The summed E-state index contributed by atoms with van der Waals surface area (Å²) < 4.78 is 54.6. The van der Waals surface area contributed by atoms with Gasteiger partial charge in [0.15, 0.2) is 5.17 Å². The fourth-order valence-electron chi connectivity index (χ4n) is 3.30. The molecular weight excluding hydrogens is 530 g/mol. The maximum atomic E-state index is 14.8. The summed E-state index contributed by atoms with van der Waals surface area (Å²) in [7, 11) is 2.20. The number of hydrogen-bond acceptors (Lipinski definition) is 6. The number of nitrogens with one attached hydrogen (secondary N) is 1. The van der Waals surface area contributed by atoms with E-state index < -0.39 is 45.8 Å². The Morgan fingerprint density at radius 1 is 1.28 bits per heavy atom. The van der Waals surface area contributed by atoms with Crippen LogP contribution in [0.15, 0.2) is 45.4 Å². The minimum absolute atomic E-state index is 0.0273. The lowest BCUT2D eigenvalue weighted by atomic mass is 10.2. The first-order chi connectivity index (χ1) is 16.8.